The number of carbonyl (C=O) groups is 2. The second-order valence-electron chi connectivity index (χ2n) is 9.53. The molecule has 2 amide bonds. The van der Waals surface area contributed by atoms with Gasteiger partial charge >= 0.3 is 0 Å². The van der Waals surface area contributed by atoms with Crippen molar-refractivity contribution in [3.8, 4) is 11.5 Å². The van der Waals surface area contributed by atoms with Crippen LogP contribution in [0.2, 0.25) is 5.02 Å². The molecule has 3 atom stereocenters. The zero-order valence-electron chi connectivity index (χ0n) is 22.1. The average Bonchev–Trinajstić information content (AvgIpc) is 2.92. The van der Waals surface area contributed by atoms with E-state index in [0.717, 1.165) is 5.56 Å². The predicted molar refractivity (Wildman–Crippen MR) is 155 cm³/mol. The standard InChI is InChI=1S/C28H34ClIN2O7/c1-16(2)28(37)32(14-17-4-6-20(29)7-5-17)22-12-19(27(36)31-8-9-33)13-23(25(22)35)39-26-21(30)10-18(15-34)11-24(26)38-3/h4-7,10-11,13,16,22-23,25,33-35H,8-9,12,14-15H2,1-3H3,(H,31,36)/t22-,23+,25+/m1/s1. The van der Waals surface area contributed by atoms with E-state index in [9.17, 15) is 24.9 Å². The second kappa shape index (κ2) is 14.3. The van der Waals surface area contributed by atoms with E-state index in [2.05, 4.69) is 27.9 Å². The van der Waals surface area contributed by atoms with Crippen LogP contribution in [0, 0.1) is 9.49 Å². The highest BCUT2D eigenvalue weighted by atomic mass is 127. The molecule has 0 saturated carbocycles. The van der Waals surface area contributed by atoms with E-state index in [1.54, 1.807) is 49.1 Å². The van der Waals surface area contributed by atoms with Crippen molar-refractivity contribution in [3.05, 3.63) is 67.8 Å². The summed E-state index contributed by atoms with van der Waals surface area (Å²) in [6, 6.07) is 9.67. The summed E-state index contributed by atoms with van der Waals surface area (Å²) in [7, 11) is 1.47. The van der Waals surface area contributed by atoms with Crippen molar-refractivity contribution >= 4 is 46.0 Å². The fourth-order valence-electron chi connectivity index (χ4n) is 4.37. The normalized spacial score (nSPS) is 18.9. The number of hydrogen-bond donors (Lipinski definition) is 4. The van der Waals surface area contributed by atoms with Crippen molar-refractivity contribution in [1.82, 2.24) is 10.2 Å². The molecule has 0 fully saturated rings. The third-order valence-corrected chi connectivity index (χ3v) is 7.44. The predicted octanol–water partition coefficient (Wildman–Crippen LogP) is 3.05. The van der Waals surface area contributed by atoms with Gasteiger partial charge in [0, 0.05) is 36.0 Å². The first kappa shape index (κ1) is 31.2. The number of methoxy groups -OCH3 is 1. The molecule has 3 rings (SSSR count). The van der Waals surface area contributed by atoms with Gasteiger partial charge in [-0.25, -0.2) is 0 Å². The molecule has 2 aromatic rings. The maximum Gasteiger partial charge on any atom is 0.247 e. The van der Waals surface area contributed by atoms with Gasteiger partial charge in [0.05, 0.1) is 29.9 Å². The van der Waals surface area contributed by atoms with Gasteiger partial charge < -0.3 is 35.0 Å². The molecule has 0 saturated heterocycles. The molecule has 2 aromatic carbocycles. The lowest BCUT2D eigenvalue weighted by atomic mass is 9.87. The van der Waals surface area contributed by atoms with Crippen molar-refractivity contribution in [2.45, 2.75) is 51.7 Å². The maximum atomic E-state index is 13.4. The summed E-state index contributed by atoms with van der Waals surface area (Å²) in [6.07, 6.45) is -0.563. The number of benzene rings is 2. The number of ether oxygens (including phenoxy) is 2. The zero-order valence-corrected chi connectivity index (χ0v) is 25.0. The van der Waals surface area contributed by atoms with Gasteiger partial charge in [0.1, 0.15) is 12.2 Å². The van der Waals surface area contributed by atoms with Crippen LogP contribution in [0.3, 0.4) is 0 Å². The van der Waals surface area contributed by atoms with E-state index in [0.29, 0.717) is 31.2 Å². The van der Waals surface area contributed by atoms with Gasteiger partial charge in [-0.2, -0.15) is 0 Å². The summed E-state index contributed by atoms with van der Waals surface area (Å²) in [5.41, 5.74) is 1.76. The Morgan fingerprint density at radius 1 is 1.18 bits per heavy atom. The lowest BCUT2D eigenvalue weighted by molar-refractivity contribution is -0.142. The third kappa shape index (κ3) is 7.85. The highest BCUT2D eigenvalue weighted by Gasteiger charge is 2.41. The summed E-state index contributed by atoms with van der Waals surface area (Å²) in [6.45, 7) is 3.39. The molecular formula is C28H34ClIN2O7. The molecule has 39 heavy (non-hydrogen) atoms. The molecule has 0 heterocycles. The molecule has 1 aliphatic rings. The summed E-state index contributed by atoms with van der Waals surface area (Å²) in [5.74, 6) is -0.282. The topological polar surface area (TPSA) is 129 Å². The highest BCUT2D eigenvalue weighted by Crippen LogP contribution is 2.37. The van der Waals surface area contributed by atoms with Crippen LogP contribution in [-0.2, 0) is 22.7 Å². The van der Waals surface area contributed by atoms with Crippen molar-refractivity contribution in [2.75, 3.05) is 20.3 Å². The zero-order chi connectivity index (χ0) is 28.7. The number of nitrogens with zero attached hydrogens (tertiary/aromatic N) is 1. The van der Waals surface area contributed by atoms with Crippen molar-refractivity contribution in [1.29, 1.82) is 0 Å². The first-order valence-electron chi connectivity index (χ1n) is 12.6. The summed E-state index contributed by atoms with van der Waals surface area (Å²) in [4.78, 5) is 28.0. The Labute approximate surface area is 246 Å². The minimum Gasteiger partial charge on any atom is -0.493 e. The van der Waals surface area contributed by atoms with Crippen LogP contribution in [-0.4, -0.2) is 70.5 Å². The fraction of sp³-hybridized carbons (Fsp3) is 0.429. The number of carbonyl (C=O) groups excluding carboxylic acids is 2. The van der Waals surface area contributed by atoms with E-state index < -0.39 is 24.2 Å². The maximum absolute atomic E-state index is 13.4. The van der Waals surface area contributed by atoms with Crippen LogP contribution in [0.15, 0.2) is 48.0 Å². The number of hydrogen-bond acceptors (Lipinski definition) is 7. The van der Waals surface area contributed by atoms with Crippen molar-refractivity contribution < 1.29 is 34.4 Å². The smallest absolute Gasteiger partial charge is 0.247 e. The van der Waals surface area contributed by atoms with Gasteiger partial charge in [0.2, 0.25) is 11.8 Å². The van der Waals surface area contributed by atoms with E-state index in [4.69, 9.17) is 21.1 Å². The molecule has 11 heteroatoms. The summed E-state index contributed by atoms with van der Waals surface area (Å²) >= 11 is 8.10. The SMILES string of the molecule is COc1cc(CO)cc(I)c1O[C@H]1C=C(C(=O)NCCO)C[C@@H](N(Cc2ccc(Cl)cc2)C(=O)C(C)C)[C@@H]1O. The number of aliphatic hydroxyl groups excluding tert-OH is 3. The minimum absolute atomic E-state index is 0.0582. The van der Waals surface area contributed by atoms with Crippen LogP contribution >= 0.6 is 34.2 Å². The van der Waals surface area contributed by atoms with E-state index in [1.165, 1.54) is 7.11 Å². The van der Waals surface area contributed by atoms with E-state index >= 15 is 0 Å². The molecule has 212 valence electrons. The number of amides is 2. The molecule has 1 aliphatic carbocycles. The van der Waals surface area contributed by atoms with Crippen molar-refractivity contribution in [3.63, 3.8) is 0 Å². The molecule has 0 radical (unpaired) electrons. The van der Waals surface area contributed by atoms with Gasteiger partial charge in [-0.15, -0.1) is 0 Å². The van der Waals surface area contributed by atoms with Gasteiger partial charge in [-0.05, 0) is 64.1 Å². The highest BCUT2D eigenvalue weighted by molar-refractivity contribution is 14.1. The minimum atomic E-state index is -1.19. The first-order chi connectivity index (χ1) is 18.6. The fourth-order valence-corrected chi connectivity index (χ4v) is 5.29. The Hall–Kier alpha value is -2.38. The molecule has 0 aromatic heterocycles. The molecule has 0 bridgehead atoms. The van der Waals surface area contributed by atoms with Crippen LogP contribution in [0.25, 0.3) is 0 Å². The van der Waals surface area contributed by atoms with Gasteiger partial charge in [-0.1, -0.05) is 37.6 Å². The molecule has 9 nitrogen and oxygen atoms in total. The van der Waals surface area contributed by atoms with Crippen molar-refractivity contribution in [2.24, 2.45) is 5.92 Å². The quantitative estimate of drug-likeness (QED) is 0.270. The number of rotatable bonds is 11. The number of halogens is 2. The van der Waals surface area contributed by atoms with Gasteiger partial charge in [0.15, 0.2) is 11.5 Å². The van der Waals surface area contributed by atoms with Crippen LogP contribution in [0.4, 0.5) is 0 Å². The van der Waals surface area contributed by atoms with Gasteiger partial charge in [-0.3, -0.25) is 9.59 Å². The molecular weight excluding hydrogens is 639 g/mol. The monoisotopic (exact) mass is 672 g/mol. The molecule has 4 N–H and O–H groups in total. The second-order valence-corrected chi connectivity index (χ2v) is 11.1. The van der Waals surface area contributed by atoms with E-state index in [1.807, 2.05) is 12.1 Å². The average molecular weight is 673 g/mol. The number of nitrogens with one attached hydrogen (secondary N) is 1. The van der Waals surface area contributed by atoms with E-state index in [-0.39, 0.29) is 44.5 Å². The Morgan fingerprint density at radius 2 is 1.87 bits per heavy atom. The van der Waals surface area contributed by atoms with Crippen LogP contribution in [0.5, 0.6) is 11.5 Å². The largest absolute Gasteiger partial charge is 0.493 e. The Morgan fingerprint density at radius 3 is 2.46 bits per heavy atom. The Kier molecular flexibility index (Phi) is 11.4. The summed E-state index contributed by atoms with van der Waals surface area (Å²) < 4.78 is 12.4. The lowest BCUT2D eigenvalue weighted by Gasteiger charge is -2.41. The molecule has 0 spiro atoms. The Balaban J connectivity index is 2.04. The van der Waals surface area contributed by atoms with Crippen LogP contribution < -0.4 is 14.8 Å². The Bertz CT molecular complexity index is 1190. The molecule has 0 aliphatic heterocycles. The first-order valence-corrected chi connectivity index (χ1v) is 14.0. The third-order valence-electron chi connectivity index (χ3n) is 6.38. The molecule has 0 unspecified atom stereocenters. The number of aliphatic hydroxyl groups is 3. The van der Waals surface area contributed by atoms with Crippen LogP contribution in [0.1, 0.15) is 31.4 Å². The van der Waals surface area contributed by atoms with Gasteiger partial charge in [0.25, 0.3) is 0 Å². The lowest BCUT2D eigenvalue weighted by Crippen LogP contribution is -2.55. The summed E-state index contributed by atoms with van der Waals surface area (Å²) in [5, 5.41) is 33.6.